The predicted octanol–water partition coefficient (Wildman–Crippen LogP) is 3.26. The maximum Gasteiger partial charge on any atom is 0.243 e. The third kappa shape index (κ3) is 5.15. The smallest absolute Gasteiger partial charge is 0.243 e. The van der Waals surface area contributed by atoms with Crippen molar-refractivity contribution in [3.63, 3.8) is 0 Å². The number of benzene rings is 2. The summed E-state index contributed by atoms with van der Waals surface area (Å²) in [5, 5.41) is 12.0. The molecule has 0 radical (unpaired) electrons. The first kappa shape index (κ1) is 23.1. The van der Waals surface area contributed by atoms with Crippen LogP contribution < -0.4 is 14.8 Å². The van der Waals surface area contributed by atoms with Crippen molar-refractivity contribution in [2.24, 2.45) is 5.92 Å². The number of ether oxygens (including phenoxy) is 2. The second kappa shape index (κ2) is 9.86. The van der Waals surface area contributed by atoms with Crippen LogP contribution in [0.3, 0.4) is 0 Å². The van der Waals surface area contributed by atoms with E-state index in [0.717, 1.165) is 11.3 Å². The molecule has 3 aromatic rings. The molecule has 0 bridgehead atoms. The lowest BCUT2D eigenvalue weighted by Gasteiger charge is -2.31. The van der Waals surface area contributed by atoms with Gasteiger partial charge in [-0.25, -0.2) is 8.42 Å². The Kier molecular flexibility index (Phi) is 6.91. The number of methoxy groups -OCH3 is 2. The Hall–Kier alpha value is -3.02. The molecule has 1 saturated heterocycles. The van der Waals surface area contributed by atoms with Crippen LogP contribution >= 0.6 is 11.3 Å². The molecule has 174 valence electrons. The number of nitrogens with zero attached hydrogens (tertiary/aromatic N) is 3. The van der Waals surface area contributed by atoms with Crippen LogP contribution in [0.2, 0.25) is 0 Å². The summed E-state index contributed by atoms with van der Waals surface area (Å²) in [6, 6.07) is 13.6. The molecule has 0 saturated carbocycles. The monoisotopic (exact) mass is 488 g/mol. The molecule has 0 aliphatic carbocycles. The molecule has 1 N–H and O–H groups in total. The van der Waals surface area contributed by atoms with Gasteiger partial charge in [-0.05, 0) is 61.4 Å². The van der Waals surface area contributed by atoms with Crippen LogP contribution in [-0.4, -0.2) is 56.1 Å². The Labute approximate surface area is 196 Å². The van der Waals surface area contributed by atoms with E-state index in [1.807, 2.05) is 24.3 Å². The molecule has 1 atom stereocenters. The number of nitrogens with one attached hydrogen (secondary N) is 1. The number of hydrogen-bond acceptors (Lipinski definition) is 8. The van der Waals surface area contributed by atoms with E-state index < -0.39 is 15.9 Å². The second-order valence-corrected chi connectivity index (χ2v) is 10.4. The van der Waals surface area contributed by atoms with Gasteiger partial charge in [-0.3, -0.25) is 4.79 Å². The van der Waals surface area contributed by atoms with Crippen LogP contribution in [0.4, 0.5) is 5.13 Å². The average molecular weight is 489 g/mol. The van der Waals surface area contributed by atoms with Crippen molar-refractivity contribution in [2.75, 3.05) is 32.6 Å². The van der Waals surface area contributed by atoms with Crippen LogP contribution in [0.15, 0.2) is 53.4 Å². The summed E-state index contributed by atoms with van der Waals surface area (Å²) in [4.78, 5) is 13.0. The average Bonchev–Trinajstić information content (AvgIpc) is 3.32. The minimum absolute atomic E-state index is 0.115. The summed E-state index contributed by atoms with van der Waals surface area (Å²) in [7, 11) is -0.579. The summed E-state index contributed by atoms with van der Waals surface area (Å²) in [5.74, 6) is 0.585. The summed E-state index contributed by atoms with van der Waals surface area (Å²) < 4.78 is 37.7. The minimum atomic E-state index is -3.70. The molecular weight excluding hydrogens is 464 g/mol. The zero-order valence-electron chi connectivity index (χ0n) is 18.2. The van der Waals surface area contributed by atoms with Crippen molar-refractivity contribution >= 4 is 32.4 Å². The molecular formula is C22H24N4O5S2. The fourth-order valence-corrected chi connectivity index (χ4v) is 5.88. The van der Waals surface area contributed by atoms with Gasteiger partial charge in [0.1, 0.15) is 16.5 Å². The van der Waals surface area contributed by atoms with E-state index in [2.05, 4.69) is 15.5 Å². The fourth-order valence-electron chi connectivity index (χ4n) is 3.60. The highest BCUT2D eigenvalue weighted by molar-refractivity contribution is 7.89. The van der Waals surface area contributed by atoms with E-state index in [0.29, 0.717) is 35.3 Å². The van der Waals surface area contributed by atoms with Gasteiger partial charge in [-0.2, -0.15) is 4.31 Å². The van der Waals surface area contributed by atoms with Crippen LogP contribution in [-0.2, 0) is 14.8 Å². The SMILES string of the molecule is COc1ccc(-c2nnc(NC(=O)[C@H]3CCCN(S(=O)(=O)c4ccc(OC)cc4)C3)s2)cc1. The number of carbonyl (C=O) groups is 1. The molecule has 1 aromatic heterocycles. The number of hydrogen-bond donors (Lipinski definition) is 1. The van der Waals surface area contributed by atoms with Gasteiger partial charge >= 0.3 is 0 Å². The molecule has 1 fully saturated rings. The van der Waals surface area contributed by atoms with Crippen LogP contribution in [0.5, 0.6) is 11.5 Å². The van der Waals surface area contributed by atoms with Gasteiger partial charge in [0.15, 0.2) is 0 Å². The van der Waals surface area contributed by atoms with Gasteiger partial charge in [0.05, 0.1) is 25.0 Å². The number of piperidine rings is 1. The lowest BCUT2D eigenvalue weighted by molar-refractivity contribution is -0.120. The molecule has 0 spiro atoms. The van der Waals surface area contributed by atoms with Crippen LogP contribution in [0.25, 0.3) is 10.6 Å². The van der Waals surface area contributed by atoms with E-state index in [4.69, 9.17) is 9.47 Å². The lowest BCUT2D eigenvalue weighted by Crippen LogP contribution is -2.43. The van der Waals surface area contributed by atoms with E-state index in [1.54, 1.807) is 19.2 Å². The largest absolute Gasteiger partial charge is 0.497 e. The molecule has 33 heavy (non-hydrogen) atoms. The zero-order chi connectivity index (χ0) is 23.4. The first-order valence-electron chi connectivity index (χ1n) is 10.3. The maximum atomic E-state index is 13.0. The van der Waals surface area contributed by atoms with E-state index in [1.165, 1.54) is 34.9 Å². The Morgan fingerprint density at radius 1 is 1.03 bits per heavy atom. The van der Waals surface area contributed by atoms with Gasteiger partial charge in [-0.1, -0.05) is 11.3 Å². The van der Waals surface area contributed by atoms with Gasteiger partial charge in [0.2, 0.25) is 21.1 Å². The molecule has 9 nitrogen and oxygen atoms in total. The molecule has 1 amide bonds. The van der Waals surface area contributed by atoms with Crippen LogP contribution in [0, 0.1) is 5.92 Å². The lowest BCUT2D eigenvalue weighted by atomic mass is 9.99. The highest BCUT2D eigenvalue weighted by Crippen LogP contribution is 2.29. The van der Waals surface area contributed by atoms with Gasteiger partial charge in [-0.15, -0.1) is 10.2 Å². The molecule has 2 aromatic carbocycles. The van der Waals surface area contributed by atoms with Gasteiger partial charge in [0, 0.05) is 18.7 Å². The number of carbonyl (C=O) groups excluding carboxylic acids is 1. The molecule has 0 unspecified atom stereocenters. The molecule has 1 aliphatic heterocycles. The molecule has 1 aliphatic rings. The summed E-state index contributed by atoms with van der Waals surface area (Å²) in [5.41, 5.74) is 0.864. The number of aromatic nitrogens is 2. The Balaban J connectivity index is 1.42. The topological polar surface area (TPSA) is 111 Å². The Morgan fingerprint density at radius 3 is 2.30 bits per heavy atom. The van der Waals surface area contributed by atoms with Crippen molar-refractivity contribution in [3.8, 4) is 22.1 Å². The van der Waals surface area contributed by atoms with Crippen molar-refractivity contribution in [1.29, 1.82) is 0 Å². The number of rotatable bonds is 7. The highest BCUT2D eigenvalue weighted by Gasteiger charge is 2.33. The first-order chi connectivity index (χ1) is 15.9. The highest BCUT2D eigenvalue weighted by atomic mass is 32.2. The summed E-state index contributed by atoms with van der Waals surface area (Å²) in [6.07, 6.45) is 1.20. The quantitative estimate of drug-likeness (QED) is 0.543. The zero-order valence-corrected chi connectivity index (χ0v) is 19.9. The molecule has 2 heterocycles. The summed E-state index contributed by atoms with van der Waals surface area (Å²) in [6.45, 7) is 0.489. The summed E-state index contributed by atoms with van der Waals surface area (Å²) >= 11 is 1.26. The number of amides is 1. The minimum Gasteiger partial charge on any atom is -0.497 e. The third-order valence-electron chi connectivity index (χ3n) is 5.44. The second-order valence-electron chi connectivity index (χ2n) is 7.51. The molecule has 4 rings (SSSR count). The van der Waals surface area contributed by atoms with Crippen molar-refractivity contribution in [1.82, 2.24) is 14.5 Å². The van der Waals surface area contributed by atoms with Crippen molar-refractivity contribution < 1.29 is 22.7 Å². The van der Waals surface area contributed by atoms with Gasteiger partial charge in [0.25, 0.3) is 0 Å². The standard InChI is InChI=1S/C22H24N4O5S2/c1-30-17-7-5-15(6-8-17)21-24-25-22(32-21)23-20(27)16-4-3-13-26(14-16)33(28,29)19-11-9-18(31-2)10-12-19/h5-12,16H,3-4,13-14H2,1-2H3,(H,23,25,27)/t16-/m0/s1. The van der Waals surface area contributed by atoms with Crippen LogP contribution in [0.1, 0.15) is 12.8 Å². The first-order valence-corrected chi connectivity index (χ1v) is 12.6. The predicted molar refractivity (Wildman–Crippen MR) is 125 cm³/mol. The normalized spacial score (nSPS) is 16.8. The van der Waals surface area contributed by atoms with Gasteiger partial charge < -0.3 is 14.8 Å². The van der Waals surface area contributed by atoms with E-state index in [-0.39, 0.29) is 17.3 Å². The van der Waals surface area contributed by atoms with E-state index in [9.17, 15) is 13.2 Å². The molecule has 11 heteroatoms. The van der Waals surface area contributed by atoms with Crippen molar-refractivity contribution in [3.05, 3.63) is 48.5 Å². The van der Waals surface area contributed by atoms with Crippen molar-refractivity contribution in [2.45, 2.75) is 17.7 Å². The fraction of sp³-hybridized carbons (Fsp3) is 0.318. The van der Waals surface area contributed by atoms with E-state index >= 15 is 0 Å². The Morgan fingerprint density at radius 2 is 1.67 bits per heavy atom. The Bertz CT molecular complexity index is 1210. The number of anilines is 1. The maximum absolute atomic E-state index is 13.0. The third-order valence-corrected chi connectivity index (χ3v) is 8.21. The number of sulfonamides is 1.